The maximum absolute atomic E-state index is 12.0. The van der Waals surface area contributed by atoms with Crippen molar-refractivity contribution in [3.8, 4) is 0 Å². The fourth-order valence-corrected chi connectivity index (χ4v) is 3.00. The quantitative estimate of drug-likeness (QED) is 0.695. The predicted molar refractivity (Wildman–Crippen MR) is 79.5 cm³/mol. The minimum Gasteiger partial charge on any atom is -0.306 e. The molecule has 0 N–H and O–H groups in total. The largest absolute Gasteiger partial charge is 0.306 e. The Morgan fingerprint density at radius 2 is 1.89 bits per heavy atom. The van der Waals surface area contributed by atoms with Crippen molar-refractivity contribution in [1.82, 2.24) is 4.90 Å². The van der Waals surface area contributed by atoms with Crippen LogP contribution in [-0.4, -0.2) is 30.8 Å². The van der Waals surface area contributed by atoms with Crippen LogP contribution in [0.15, 0.2) is 30.3 Å². The van der Waals surface area contributed by atoms with Crippen LogP contribution in [0.4, 0.5) is 0 Å². The van der Waals surface area contributed by atoms with Crippen LogP contribution in [-0.2, 0) is 0 Å². The van der Waals surface area contributed by atoms with Gasteiger partial charge in [-0.2, -0.15) is 0 Å². The molecule has 19 heavy (non-hydrogen) atoms. The first-order valence-corrected chi connectivity index (χ1v) is 7.52. The molecular formula is C17H25NO. The minimum atomic E-state index is 0.273. The summed E-state index contributed by atoms with van der Waals surface area (Å²) in [4.78, 5) is 14.3. The highest BCUT2D eigenvalue weighted by Crippen LogP contribution is 2.25. The summed E-state index contributed by atoms with van der Waals surface area (Å²) in [5.41, 5.74) is 0.848. The summed E-state index contributed by atoms with van der Waals surface area (Å²) in [5.74, 6) is 1.17. The number of hydrogen-bond acceptors (Lipinski definition) is 2. The van der Waals surface area contributed by atoms with E-state index in [4.69, 9.17) is 0 Å². The summed E-state index contributed by atoms with van der Waals surface area (Å²) in [6, 6.07) is 9.63. The summed E-state index contributed by atoms with van der Waals surface area (Å²) >= 11 is 0. The Kier molecular flexibility index (Phi) is 5.59. The number of nitrogens with zero attached hydrogens (tertiary/aromatic N) is 1. The molecule has 0 atom stereocenters. The van der Waals surface area contributed by atoms with Crippen molar-refractivity contribution in [3.63, 3.8) is 0 Å². The lowest BCUT2D eigenvalue weighted by Crippen LogP contribution is -2.26. The molecule has 2 heteroatoms. The maximum Gasteiger partial charge on any atom is 0.162 e. The Hall–Kier alpha value is -1.15. The second-order valence-corrected chi connectivity index (χ2v) is 5.81. The summed E-state index contributed by atoms with van der Waals surface area (Å²) < 4.78 is 0. The normalized spacial score (nSPS) is 16.1. The number of carbonyl (C=O) groups excluding carboxylic acids is 1. The molecule has 104 valence electrons. The molecule has 0 saturated heterocycles. The van der Waals surface area contributed by atoms with Gasteiger partial charge >= 0.3 is 0 Å². The molecule has 1 fully saturated rings. The first-order chi connectivity index (χ1) is 9.25. The topological polar surface area (TPSA) is 20.3 Å². The highest BCUT2D eigenvalue weighted by atomic mass is 16.1. The Labute approximate surface area is 116 Å². The summed E-state index contributed by atoms with van der Waals surface area (Å²) in [5, 5.41) is 0. The Balaban J connectivity index is 1.64. The van der Waals surface area contributed by atoms with Crippen LogP contribution in [0.5, 0.6) is 0 Å². The first kappa shape index (κ1) is 14.3. The zero-order valence-corrected chi connectivity index (χ0v) is 12.0. The molecule has 0 heterocycles. The monoisotopic (exact) mass is 259 g/mol. The van der Waals surface area contributed by atoms with E-state index in [-0.39, 0.29) is 5.78 Å². The van der Waals surface area contributed by atoms with E-state index in [1.807, 2.05) is 30.3 Å². The molecule has 0 spiro atoms. The molecule has 1 aliphatic rings. The SMILES string of the molecule is CN(CCCC(=O)c1ccccc1)CC1CCCC1. The van der Waals surface area contributed by atoms with Crippen molar-refractivity contribution < 1.29 is 4.79 Å². The van der Waals surface area contributed by atoms with Crippen molar-refractivity contribution in [1.29, 1.82) is 0 Å². The van der Waals surface area contributed by atoms with Gasteiger partial charge in [0.1, 0.15) is 0 Å². The van der Waals surface area contributed by atoms with Gasteiger partial charge in [0.25, 0.3) is 0 Å². The summed E-state index contributed by atoms with van der Waals surface area (Å²) in [7, 11) is 2.19. The van der Waals surface area contributed by atoms with Crippen molar-refractivity contribution >= 4 is 5.78 Å². The molecule has 0 aromatic heterocycles. The number of ketones is 1. The molecule has 0 unspecified atom stereocenters. The van der Waals surface area contributed by atoms with Crippen LogP contribution in [0.1, 0.15) is 48.9 Å². The molecule has 1 aromatic carbocycles. The molecule has 2 nitrogen and oxygen atoms in total. The number of carbonyl (C=O) groups is 1. The van der Waals surface area contributed by atoms with Crippen molar-refractivity contribution in [2.75, 3.05) is 20.1 Å². The highest BCUT2D eigenvalue weighted by molar-refractivity contribution is 5.95. The van der Waals surface area contributed by atoms with Gasteiger partial charge in [-0.25, -0.2) is 0 Å². The van der Waals surface area contributed by atoms with Gasteiger partial charge in [-0.3, -0.25) is 4.79 Å². The van der Waals surface area contributed by atoms with Crippen LogP contribution in [0.25, 0.3) is 0 Å². The van der Waals surface area contributed by atoms with Crippen LogP contribution < -0.4 is 0 Å². The number of rotatable bonds is 7. The standard InChI is InChI=1S/C17H25NO/c1-18(14-15-8-5-6-9-15)13-7-12-17(19)16-10-3-2-4-11-16/h2-4,10-11,15H,5-9,12-14H2,1H3. The van der Waals surface area contributed by atoms with E-state index in [1.54, 1.807) is 0 Å². The maximum atomic E-state index is 12.0. The average molecular weight is 259 g/mol. The Morgan fingerprint density at radius 3 is 2.58 bits per heavy atom. The number of hydrogen-bond donors (Lipinski definition) is 0. The van der Waals surface area contributed by atoms with E-state index in [9.17, 15) is 4.79 Å². The third kappa shape index (κ3) is 4.79. The van der Waals surface area contributed by atoms with Gasteiger partial charge in [0.15, 0.2) is 5.78 Å². The van der Waals surface area contributed by atoms with E-state index in [2.05, 4.69) is 11.9 Å². The van der Waals surface area contributed by atoms with E-state index in [0.717, 1.165) is 24.4 Å². The van der Waals surface area contributed by atoms with Gasteiger partial charge < -0.3 is 4.90 Å². The Morgan fingerprint density at radius 1 is 1.21 bits per heavy atom. The lowest BCUT2D eigenvalue weighted by atomic mass is 10.1. The Bertz CT molecular complexity index is 382. The third-order valence-electron chi connectivity index (χ3n) is 4.08. The molecule has 1 aliphatic carbocycles. The van der Waals surface area contributed by atoms with E-state index >= 15 is 0 Å². The summed E-state index contributed by atoms with van der Waals surface area (Å²) in [6.45, 7) is 2.24. The molecular weight excluding hydrogens is 234 g/mol. The van der Waals surface area contributed by atoms with Gasteiger partial charge in [0.05, 0.1) is 0 Å². The van der Waals surface area contributed by atoms with Gasteiger partial charge in [0, 0.05) is 18.5 Å². The lowest BCUT2D eigenvalue weighted by molar-refractivity contribution is 0.0975. The molecule has 0 bridgehead atoms. The predicted octanol–water partition coefficient (Wildman–Crippen LogP) is 3.77. The van der Waals surface area contributed by atoms with Crippen molar-refractivity contribution in [2.24, 2.45) is 5.92 Å². The molecule has 0 amide bonds. The molecule has 0 radical (unpaired) electrons. The van der Waals surface area contributed by atoms with Crippen LogP contribution in [0, 0.1) is 5.92 Å². The van der Waals surface area contributed by atoms with Crippen molar-refractivity contribution in [3.05, 3.63) is 35.9 Å². The third-order valence-corrected chi connectivity index (χ3v) is 4.08. The van der Waals surface area contributed by atoms with Crippen LogP contribution in [0.2, 0.25) is 0 Å². The van der Waals surface area contributed by atoms with Crippen LogP contribution >= 0.6 is 0 Å². The molecule has 1 aromatic rings. The van der Waals surface area contributed by atoms with Gasteiger partial charge in [-0.15, -0.1) is 0 Å². The zero-order chi connectivity index (χ0) is 13.5. The average Bonchev–Trinajstić information content (AvgIpc) is 2.92. The molecule has 2 rings (SSSR count). The van der Waals surface area contributed by atoms with E-state index in [0.29, 0.717) is 6.42 Å². The fraction of sp³-hybridized carbons (Fsp3) is 0.588. The number of Topliss-reactive ketones (excluding diaryl/α,β-unsaturated/α-hetero) is 1. The van der Waals surface area contributed by atoms with Crippen molar-refractivity contribution in [2.45, 2.75) is 38.5 Å². The van der Waals surface area contributed by atoms with Gasteiger partial charge in [0.2, 0.25) is 0 Å². The lowest BCUT2D eigenvalue weighted by Gasteiger charge is -2.20. The highest BCUT2D eigenvalue weighted by Gasteiger charge is 2.16. The van der Waals surface area contributed by atoms with Gasteiger partial charge in [-0.05, 0) is 38.8 Å². The first-order valence-electron chi connectivity index (χ1n) is 7.52. The van der Waals surface area contributed by atoms with E-state index in [1.165, 1.54) is 32.2 Å². The number of benzene rings is 1. The molecule has 0 aliphatic heterocycles. The van der Waals surface area contributed by atoms with Crippen LogP contribution in [0.3, 0.4) is 0 Å². The minimum absolute atomic E-state index is 0.273. The zero-order valence-electron chi connectivity index (χ0n) is 12.0. The second-order valence-electron chi connectivity index (χ2n) is 5.81. The molecule has 1 saturated carbocycles. The smallest absolute Gasteiger partial charge is 0.162 e. The fourth-order valence-electron chi connectivity index (χ4n) is 3.00. The second kappa shape index (κ2) is 7.44. The van der Waals surface area contributed by atoms with E-state index < -0.39 is 0 Å². The summed E-state index contributed by atoms with van der Waals surface area (Å²) in [6.07, 6.45) is 7.24. The van der Waals surface area contributed by atoms with Gasteiger partial charge in [-0.1, -0.05) is 43.2 Å².